The molecule has 1 fully saturated rings. The third kappa shape index (κ3) is 4.73. The van der Waals surface area contributed by atoms with Gasteiger partial charge in [-0.1, -0.05) is 0 Å². The van der Waals surface area contributed by atoms with Crippen molar-refractivity contribution < 1.29 is 14.3 Å². The van der Waals surface area contributed by atoms with Crippen LogP contribution >= 0.6 is 0 Å². The normalized spacial score (nSPS) is 19.0. The number of amides is 1. The van der Waals surface area contributed by atoms with Gasteiger partial charge in [0.05, 0.1) is 24.3 Å². The zero-order valence-electron chi connectivity index (χ0n) is 15.4. The number of benzene rings is 1. The van der Waals surface area contributed by atoms with Crippen molar-refractivity contribution in [2.45, 2.75) is 44.8 Å². The van der Waals surface area contributed by atoms with Crippen molar-refractivity contribution >= 4 is 5.91 Å². The molecule has 0 saturated heterocycles. The largest absolute Gasteiger partial charge is 0.495 e. The molecule has 7 heteroatoms. The van der Waals surface area contributed by atoms with Crippen LogP contribution in [-0.4, -0.2) is 35.1 Å². The molecule has 0 bridgehead atoms. The van der Waals surface area contributed by atoms with Gasteiger partial charge in [0.15, 0.2) is 0 Å². The van der Waals surface area contributed by atoms with Gasteiger partial charge in [-0.05, 0) is 44.7 Å². The van der Waals surface area contributed by atoms with Gasteiger partial charge < -0.3 is 14.8 Å². The number of rotatable bonds is 5. The number of hydrogen-bond donors (Lipinski definition) is 1. The first-order valence-corrected chi connectivity index (χ1v) is 8.93. The van der Waals surface area contributed by atoms with Crippen LogP contribution in [0.1, 0.15) is 47.4 Å². The summed E-state index contributed by atoms with van der Waals surface area (Å²) in [5.41, 5.74) is 0.958. The van der Waals surface area contributed by atoms with Crippen LogP contribution in [-0.2, 0) is 0 Å². The molecule has 1 heterocycles. The SMILES string of the molecule is COc1cc(OC2CCC(NC(=O)c3cnc(C)nc3)CC2)ccc1C#N. The lowest BCUT2D eigenvalue weighted by Crippen LogP contribution is -2.39. The van der Waals surface area contributed by atoms with Gasteiger partial charge in [0.25, 0.3) is 5.91 Å². The number of nitrogens with one attached hydrogen (secondary N) is 1. The Morgan fingerprint density at radius 3 is 2.56 bits per heavy atom. The molecular formula is C20H22N4O3. The van der Waals surface area contributed by atoms with Crippen LogP contribution in [0.25, 0.3) is 0 Å². The zero-order chi connectivity index (χ0) is 19.2. The highest BCUT2D eigenvalue weighted by molar-refractivity contribution is 5.93. The van der Waals surface area contributed by atoms with Gasteiger partial charge in [-0.2, -0.15) is 5.26 Å². The van der Waals surface area contributed by atoms with Crippen LogP contribution in [0.15, 0.2) is 30.6 Å². The number of aromatic nitrogens is 2. The second-order valence-electron chi connectivity index (χ2n) is 6.56. The molecule has 1 amide bonds. The van der Waals surface area contributed by atoms with Gasteiger partial charge in [0.2, 0.25) is 0 Å². The Balaban J connectivity index is 1.51. The first-order valence-electron chi connectivity index (χ1n) is 8.93. The van der Waals surface area contributed by atoms with Crippen molar-refractivity contribution in [1.82, 2.24) is 15.3 Å². The number of nitrogens with zero attached hydrogens (tertiary/aromatic N) is 3. The number of ether oxygens (including phenoxy) is 2. The maximum Gasteiger partial charge on any atom is 0.254 e. The summed E-state index contributed by atoms with van der Waals surface area (Å²) in [7, 11) is 1.53. The molecule has 1 saturated carbocycles. The number of carbonyl (C=O) groups is 1. The molecule has 0 radical (unpaired) electrons. The van der Waals surface area contributed by atoms with E-state index in [4.69, 9.17) is 14.7 Å². The third-order valence-corrected chi connectivity index (χ3v) is 4.65. The maximum absolute atomic E-state index is 12.3. The second kappa shape index (κ2) is 8.49. The van der Waals surface area contributed by atoms with E-state index in [1.807, 2.05) is 0 Å². The van der Waals surface area contributed by atoms with Crippen molar-refractivity contribution in [1.29, 1.82) is 5.26 Å². The highest BCUT2D eigenvalue weighted by Gasteiger charge is 2.24. The van der Waals surface area contributed by atoms with E-state index < -0.39 is 0 Å². The van der Waals surface area contributed by atoms with Crippen molar-refractivity contribution in [2.24, 2.45) is 0 Å². The molecule has 27 heavy (non-hydrogen) atoms. The number of carbonyl (C=O) groups excluding carboxylic acids is 1. The van der Waals surface area contributed by atoms with Crippen LogP contribution in [0.3, 0.4) is 0 Å². The molecule has 3 rings (SSSR count). The standard InChI is InChI=1S/C20H22N4O3/c1-13-22-11-15(12-23-13)20(25)24-16-4-7-17(8-5-16)27-18-6-3-14(10-21)19(9-18)26-2/h3,6,9,11-12,16-17H,4-5,7-8H2,1-2H3,(H,24,25). The highest BCUT2D eigenvalue weighted by atomic mass is 16.5. The van der Waals surface area contributed by atoms with Gasteiger partial charge in [-0.25, -0.2) is 9.97 Å². The van der Waals surface area contributed by atoms with Gasteiger partial charge in [0.1, 0.15) is 23.4 Å². The summed E-state index contributed by atoms with van der Waals surface area (Å²) < 4.78 is 11.2. The van der Waals surface area contributed by atoms with Crippen molar-refractivity contribution in [3.8, 4) is 17.6 Å². The van der Waals surface area contributed by atoms with Gasteiger partial charge in [-0.15, -0.1) is 0 Å². The summed E-state index contributed by atoms with van der Waals surface area (Å²) in [6.07, 6.45) is 6.55. The first kappa shape index (κ1) is 18.6. The van der Waals surface area contributed by atoms with E-state index in [1.54, 1.807) is 37.5 Å². The average Bonchev–Trinajstić information content (AvgIpc) is 2.69. The summed E-state index contributed by atoms with van der Waals surface area (Å²) in [6, 6.07) is 7.43. The fourth-order valence-corrected chi connectivity index (χ4v) is 3.13. The predicted molar refractivity (Wildman–Crippen MR) is 98.6 cm³/mol. The monoisotopic (exact) mass is 366 g/mol. The predicted octanol–water partition coefficient (Wildman–Crippen LogP) is 2.79. The fourth-order valence-electron chi connectivity index (χ4n) is 3.13. The van der Waals surface area contributed by atoms with Gasteiger partial charge in [-0.3, -0.25) is 4.79 Å². The third-order valence-electron chi connectivity index (χ3n) is 4.65. The molecule has 1 aliphatic rings. The lowest BCUT2D eigenvalue weighted by Gasteiger charge is -2.29. The molecule has 0 aliphatic heterocycles. The van der Waals surface area contributed by atoms with E-state index >= 15 is 0 Å². The van der Waals surface area contributed by atoms with Crippen LogP contribution in [0, 0.1) is 18.3 Å². The van der Waals surface area contributed by atoms with Crippen molar-refractivity contribution in [3.05, 3.63) is 47.5 Å². The van der Waals surface area contributed by atoms with Crippen LogP contribution < -0.4 is 14.8 Å². The summed E-state index contributed by atoms with van der Waals surface area (Å²) in [6.45, 7) is 1.78. The van der Waals surface area contributed by atoms with E-state index in [2.05, 4.69) is 21.4 Å². The number of aryl methyl sites for hydroxylation is 1. The molecule has 0 spiro atoms. The molecule has 0 unspecified atom stereocenters. The Bertz CT molecular complexity index is 837. The molecule has 2 aromatic rings. The molecule has 1 N–H and O–H groups in total. The van der Waals surface area contributed by atoms with Gasteiger partial charge >= 0.3 is 0 Å². The lowest BCUT2D eigenvalue weighted by molar-refractivity contribution is 0.0893. The Kier molecular flexibility index (Phi) is 5.87. The Hall–Kier alpha value is -3.14. The summed E-state index contributed by atoms with van der Waals surface area (Å²) in [5, 5.41) is 12.1. The van der Waals surface area contributed by atoms with Crippen LogP contribution in [0.4, 0.5) is 0 Å². The quantitative estimate of drug-likeness (QED) is 0.874. The first-order chi connectivity index (χ1) is 13.1. The van der Waals surface area contributed by atoms with Crippen LogP contribution in [0.5, 0.6) is 11.5 Å². The number of nitriles is 1. The summed E-state index contributed by atoms with van der Waals surface area (Å²) in [4.78, 5) is 20.4. The molecule has 7 nitrogen and oxygen atoms in total. The Morgan fingerprint density at radius 1 is 1.22 bits per heavy atom. The lowest BCUT2D eigenvalue weighted by atomic mass is 9.92. The summed E-state index contributed by atoms with van der Waals surface area (Å²) >= 11 is 0. The van der Waals surface area contributed by atoms with Gasteiger partial charge in [0, 0.05) is 24.5 Å². The minimum Gasteiger partial charge on any atom is -0.495 e. The smallest absolute Gasteiger partial charge is 0.254 e. The topological polar surface area (TPSA) is 97.1 Å². The van der Waals surface area contributed by atoms with E-state index in [-0.39, 0.29) is 18.1 Å². The molecule has 140 valence electrons. The Morgan fingerprint density at radius 2 is 1.93 bits per heavy atom. The molecule has 0 atom stereocenters. The zero-order valence-corrected chi connectivity index (χ0v) is 15.4. The number of methoxy groups -OCH3 is 1. The number of hydrogen-bond acceptors (Lipinski definition) is 6. The summed E-state index contributed by atoms with van der Waals surface area (Å²) in [5.74, 6) is 1.70. The second-order valence-corrected chi connectivity index (χ2v) is 6.56. The van der Waals surface area contributed by atoms with E-state index in [1.165, 1.54) is 7.11 Å². The van der Waals surface area contributed by atoms with E-state index in [0.717, 1.165) is 25.7 Å². The molecule has 1 aliphatic carbocycles. The molecule has 1 aromatic carbocycles. The molecular weight excluding hydrogens is 344 g/mol. The fraction of sp³-hybridized carbons (Fsp3) is 0.400. The minimum absolute atomic E-state index is 0.0819. The maximum atomic E-state index is 12.3. The molecule has 1 aromatic heterocycles. The van der Waals surface area contributed by atoms with E-state index in [9.17, 15) is 4.79 Å². The highest BCUT2D eigenvalue weighted by Crippen LogP contribution is 2.28. The van der Waals surface area contributed by atoms with Crippen molar-refractivity contribution in [3.63, 3.8) is 0 Å². The van der Waals surface area contributed by atoms with E-state index in [0.29, 0.717) is 28.5 Å². The van der Waals surface area contributed by atoms with Crippen LogP contribution in [0.2, 0.25) is 0 Å². The Labute approximate surface area is 158 Å². The average molecular weight is 366 g/mol. The van der Waals surface area contributed by atoms with Crippen molar-refractivity contribution in [2.75, 3.05) is 7.11 Å². The minimum atomic E-state index is -0.142.